The molecule has 1 fully saturated rings. The Balaban J connectivity index is 1.54. The van der Waals surface area contributed by atoms with Crippen LogP contribution in [0.15, 0.2) is 78.2 Å². The number of rotatable bonds is 5. The van der Waals surface area contributed by atoms with Crippen molar-refractivity contribution in [3.63, 3.8) is 0 Å². The first-order valence-corrected chi connectivity index (χ1v) is 10.7. The summed E-state index contributed by atoms with van der Waals surface area (Å²) in [6.07, 6.45) is 4.00. The van der Waals surface area contributed by atoms with E-state index in [1.165, 1.54) is 6.08 Å². The third-order valence-corrected chi connectivity index (χ3v) is 5.99. The number of hydrogen-bond donors (Lipinski definition) is 2. The number of anilines is 1. The molecule has 1 aliphatic rings. The van der Waals surface area contributed by atoms with E-state index in [1.54, 1.807) is 4.90 Å². The van der Waals surface area contributed by atoms with Crippen LogP contribution in [0.25, 0.3) is 16.6 Å². The van der Waals surface area contributed by atoms with E-state index in [4.69, 9.17) is 10.5 Å². The monoisotopic (exact) mass is 441 g/mol. The summed E-state index contributed by atoms with van der Waals surface area (Å²) in [6.45, 7) is 4.71. The number of hydrogen-bond acceptors (Lipinski definition) is 5. The largest absolute Gasteiger partial charge is 0.457 e. The molecule has 0 radical (unpaired) electrons. The molecule has 2 aromatic heterocycles. The molecule has 1 amide bonds. The van der Waals surface area contributed by atoms with E-state index in [-0.39, 0.29) is 23.2 Å². The van der Waals surface area contributed by atoms with Crippen LogP contribution in [0.2, 0.25) is 0 Å². The van der Waals surface area contributed by atoms with Gasteiger partial charge in [-0.05, 0) is 54.5 Å². The molecule has 2 aromatic carbocycles. The van der Waals surface area contributed by atoms with Crippen molar-refractivity contribution in [2.75, 3.05) is 18.8 Å². The second-order valence-corrected chi connectivity index (χ2v) is 8.00. The van der Waals surface area contributed by atoms with Gasteiger partial charge in [-0.15, -0.1) is 0 Å². The standard InChI is InChI=1S/C25H23N5O3/c1-2-21(31)29-13-12-16(14-29)20-15-30(23-22(20)25(32)28-27-24(23)26)17-8-10-19(11-9-17)33-18-6-4-3-5-7-18/h2-11,15-16H,1,12-14H2,(H2,26,27)(H,28,32)/t16-/m1/s1. The van der Waals surface area contributed by atoms with E-state index in [1.807, 2.05) is 65.4 Å². The van der Waals surface area contributed by atoms with Crippen LogP contribution < -0.4 is 16.0 Å². The van der Waals surface area contributed by atoms with Crippen LogP contribution in [-0.4, -0.2) is 38.7 Å². The van der Waals surface area contributed by atoms with Gasteiger partial charge in [0.15, 0.2) is 5.82 Å². The smallest absolute Gasteiger partial charge is 0.274 e. The lowest BCUT2D eigenvalue weighted by atomic mass is 9.99. The quantitative estimate of drug-likeness (QED) is 0.461. The van der Waals surface area contributed by atoms with E-state index in [0.717, 1.165) is 23.4 Å². The third kappa shape index (κ3) is 3.76. The Kier molecular flexibility index (Phi) is 5.18. The molecule has 1 saturated heterocycles. The van der Waals surface area contributed by atoms with Crippen LogP contribution in [0.5, 0.6) is 11.5 Å². The predicted molar refractivity (Wildman–Crippen MR) is 127 cm³/mol. The number of carbonyl (C=O) groups is 1. The second kappa shape index (κ2) is 8.31. The van der Waals surface area contributed by atoms with Crippen molar-refractivity contribution >= 4 is 22.6 Å². The number of amides is 1. The summed E-state index contributed by atoms with van der Waals surface area (Å²) in [5.41, 5.74) is 8.13. The fraction of sp³-hybridized carbons (Fsp3) is 0.160. The minimum absolute atomic E-state index is 0.0150. The molecule has 5 rings (SSSR count). The van der Waals surface area contributed by atoms with Crippen LogP contribution in [0.1, 0.15) is 17.9 Å². The number of benzene rings is 2. The molecule has 8 heteroatoms. The number of nitrogens with zero attached hydrogens (tertiary/aromatic N) is 3. The van der Waals surface area contributed by atoms with Gasteiger partial charge < -0.3 is 19.9 Å². The lowest BCUT2D eigenvalue weighted by Crippen LogP contribution is -2.26. The average molecular weight is 441 g/mol. The van der Waals surface area contributed by atoms with Gasteiger partial charge in [0.25, 0.3) is 5.56 Å². The van der Waals surface area contributed by atoms with Crippen molar-refractivity contribution in [3.05, 3.63) is 89.4 Å². The number of fused-ring (bicyclic) bond motifs is 1. The molecule has 0 bridgehead atoms. The molecular weight excluding hydrogens is 418 g/mol. The molecule has 0 aliphatic carbocycles. The van der Waals surface area contributed by atoms with Gasteiger partial charge >= 0.3 is 0 Å². The normalized spacial score (nSPS) is 15.6. The zero-order valence-corrected chi connectivity index (χ0v) is 17.9. The number of aromatic amines is 1. The Morgan fingerprint density at radius 1 is 1.15 bits per heavy atom. The van der Waals surface area contributed by atoms with Gasteiger partial charge in [0.2, 0.25) is 5.91 Å². The van der Waals surface area contributed by atoms with Gasteiger partial charge in [0, 0.05) is 30.9 Å². The van der Waals surface area contributed by atoms with Crippen molar-refractivity contribution in [2.24, 2.45) is 0 Å². The number of nitrogens with two attached hydrogens (primary N) is 1. The van der Waals surface area contributed by atoms with Crippen LogP contribution >= 0.6 is 0 Å². The Labute approximate surface area is 189 Å². The Hall–Kier alpha value is -4.33. The molecule has 33 heavy (non-hydrogen) atoms. The number of ether oxygens (including phenoxy) is 1. The number of carbonyl (C=O) groups excluding carboxylic acids is 1. The molecular formula is C25H23N5O3. The van der Waals surface area contributed by atoms with Gasteiger partial charge in [0.05, 0.1) is 5.39 Å². The Morgan fingerprint density at radius 3 is 2.61 bits per heavy atom. The molecule has 1 atom stereocenters. The Morgan fingerprint density at radius 2 is 1.88 bits per heavy atom. The summed E-state index contributed by atoms with van der Waals surface area (Å²) in [5, 5.41) is 6.98. The van der Waals surface area contributed by atoms with Crippen LogP contribution in [0.3, 0.4) is 0 Å². The van der Waals surface area contributed by atoms with Gasteiger partial charge in [0.1, 0.15) is 17.0 Å². The maximum atomic E-state index is 12.8. The number of H-pyrrole nitrogens is 1. The first-order chi connectivity index (χ1) is 16.0. The fourth-order valence-corrected chi connectivity index (χ4v) is 4.39. The second-order valence-electron chi connectivity index (χ2n) is 8.00. The highest BCUT2D eigenvalue weighted by Crippen LogP contribution is 2.35. The summed E-state index contributed by atoms with van der Waals surface area (Å²) in [5.74, 6) is 1.59. The lowest BCUT2D eigenvalue weighted by molar-refractivity contribution is -0.125. The molecule has 3 heterocycles. The van der Waals surface area contributed by atoms with Crippen molar-refractivity contribution in [3.8, 4) is 17.2 Å². The van der Waals surface area contributed by atoms with E-state index in [2.05, 4.69) is 16.8 Å². The van der Waals surface area contributed by atoms with Crippen molar-refractivity contribution < 1.29 is 9.53 Å². The molecule has 0 saturated carbocycles. The average Bonchev–Trinajstić information content (AvgIpc) is 3.48. The van der Waals surface area contributed by atoms with Gasteiger partial charge in [-0.25, -0.2) is 5.10 Å². The molecule has 1 aliphatic heterocycles. The maximum Gasteiger partial charge on any atom is 0.274 e. The number of likely N-dealkylation sites (tertiary alicyclic amines) is 1. The number of para-hydroxylation sites is 1. The summed E-state index contributed by atoms with van der Waals surface area (Å²) in [7, 11) is 0. The highest BCUT2D eigenvalue weighted by atomic mass is 16.5. The molecule has 0 spiro atoms. The summed E-state index contributed by atoms with van der Waals surface area (Å²) in [4.78, 5) is 26.6. The van der Waals surface area contributed by atoms with Crippen molar-refractivity contribution in [2.45, 2.75) is 12.3 Å². The summed E-state index contributed by atoms with van der Waals surface area (Å²) in [6, 6.07) is 17.1. The minimum atomic E-state index is -0.300. The predicted octanol–water partition coefficient (Wildman–Crippen LogP) is 3.59. The van der Waals surface area contributed by atoms with Gasteiger partial charge in [-0.3, -0.25) is 9.59 Å². The zero-order valence-electron chi connectivity index (χ0n) is 17.9. The van der Waals surface area contributed by atoms with Crippen LogP contribution in [0, 0.1) is 0 Å². The molecule has 4 aromatic rings. The molecule has 3 N–H and O–H groups in total. The van der Waals surface area contributed by atoms with Gasteiger partial charge in [-0.1, -0.05) is 24.8 Å². The van der Waals surface area contributed by atoms with Gasteiger partial charge in [-0.2, -0.15) is 5.10 Å². The first-order valence-electron chi connectivity index (χ1n) is 10.7. The van der Waals surface area contributed by atoms with E-state index in [9.17, 15) is 9.59 Å². The maximum absolute atomic E-state index is 12.8. The zero-order chi connectivity index (χ0) is 22.9. The lowest BCUT2D eigenvalue weighted by Gasteiger charge is -2.13. The third-order valence-electron chi connectivity index (χ3n) is 5.99. The summed E-state index contributed by atoms with van der Waals surface area (Å²) < 4.78 is 7.77. The van der Waals surface area contributed by atoms with Crippen LogP contribution in [-0.2, 0) is 4.79 Å². The highest BCUT2D eigenvalue weighted by molar-refractivity contribution is 5.92. The fourth-order valence-electron chi connectivity index (χ4n) is 4.39. The minimum Gasteiger partial charge on any atom is -0.457 e. The molecule has 166 valence electrons. The first kappa shape index (κ1) is 20.6. The summed E-state index contributed by atoms with van der Waals surface area (Å²) >= 11 is 0. The topological polar surface area (TPSA) is 106 Å². The van der Waals surface area contributed by atoms with E-state index in [0.29, 0.717) is 29.7 Å². The molecule has 0 unspecified atom stereocenters. The molecule has 8 nitrogen and oxygen atoms in total. The van der Waals surface area contributed by atoms with E-state index >= 15 is 0 Å². The SMILES string of the molecule is C=CC(=O)N1CC[C@@H](c2cn(-c3ccc(Oc4ccccc4)cc3)c3c(N)n[nH]c(=O)c23)C1. The van der Waals surface area contributed by atoms with Crippen molar-refractivity contribution in [1.82, 2.24) is 19.7 Å². The number of nitrogens with one attached hydrogen (secondary N) is 1. The Bertz CT molecular complexity index is 1390. The number of nitrogen functional groups attached to an aromatic ring is 1. The highest BCUT2D eigenvalue weighted by Gasteiger charge is 2.30. The van der Waals surface area contributed by atoms with Crippen molar-refractivity contribution in [1.29, 1.82) is 0 Å². The number of aromatic nitrogens is 3. The van der Waals surface area contributed by atoms with Crippen LogP contribution in [0.4, 0.5) is 5.82 Å². The van der Waals surface area contributed by atoms with E-state index < -0.39 is 0 Å².